The number of carbonyl (C=O) groups excluding carboxylic acids is 2. The number of nitrogens with zero attached hydrogens (tertiary/aromatic N) is 1. The van der Waals surface area contributed by atoms with Crippen LogP contribution in [0.5, 0.6) is 0 Å². The lowest BCUT2D eigenvalue weighted by Gasteiger charge is -2.20. The summed E-state index contributed by atoms with van der Waals surface area (Å²) < 4.78 is 0. The first-order chi connectivity index (χ1) is 8.20. The Hall–Kier alpha value is -1.64. The highest BCUT2D eigenvalue weighted by atomic mass is 16.2. The lowest BCUT2D eigenvalue weighted by Crippen LogP contribution is -2.37. The molecule has 0 spiro atoms. The molecule has 1 aromatic carbocycles. The molecule has 17 heavy (non-hydrogen) atoms. The third-order valence-electron chi connectivity index (χ3n) is 2.50. The predicted octanol–water partition coefficient (Wildman–Crippen LogP) is 2.52. The molecule has 3 heteroatoms. The van der Waals surface area contributed by atoms with E-state index in [0.29, 0.717) is 18.7 Å². The van der Waals surface area contributed by atoms with Crippen LogP contribution < -0.4 is 0 Å². The molecule has 0 saturated heterocycles. The van der Waals surface area contributed by atoms with Crippen molar-refractivity contribution in [1.29, 1.82) is 0 Å². The highest BCUT2D eigenvalue weighted by Gasteiger charge is 2.21. The fourth-order valence-electron chi connectivity index (χ4n) is 1.71. The van der Waals surface area contributed by atoms with Gasteiger partial charge in [-0.3, -0.25) is 9.59 Å². The van der Waals surface area contributed by atoms with Gasteiger partial charge in [-0.2, -0.15) is 0 Å². The molecule has 3 nitrogen and oxygen atoms in total. The van der Waals surface area contributed by atoms with Crippen LogP contribution >= 0.6 is 0 Å². The van der Waals surface area contributed by atoms with Crippen LogP contribution in [0.15, 0.2) is 30.3 Å². The van der Waals surface area contributed by atoms with Crippen LogP contribution in [-0.4, -0.2) is 29.7 Å². The zero-order chi connectivity index (χ0) is 12.7. The van der Waals surface area contributed by atoms with Gasteiger partial charge in [-0.05, 0) is 12.8 Å². The Bertz CT molecular complexity index is 367. The van der Waals surface area contributed by atoms with E-state index in [2.05, 4.69) is 0 Å². The second-order valence-electron chi connectivity index (χ2n) is 3.99. The van der Waals surface area contributed by atoms with Gasteiger partial charge in [0, 0.05) is 18.7 Å². The molecule has 0 aliphatic carbocycles. The van der Waals surface area contributed by atoms with E-state index >= 15 is 0 Å². The number of carbonyl (C=O) groups is 2. The van der Waals surface area contributed by atoms with Gasteiger partial charge in [0.1, 0.15) is 0 Å². The van der Waals surface area contributed by atoms with Crippen LogP contribution in [0.1, 0.15) is 37.0 Å². The van der Waals surface area contributed by atoms with Gasteiger partial charge in [0.2, 0.25) is 5.78 Å². The highest BCUT2D eigenvalue weighted by molar-refractivity contribution is 6.42. The number of amides is 1. The maximum Gasteiger partial charge on any atom is 0.294 e. The van der Waals surface area contributed by atoms with E-state index in [1.165, 1.54) is 0 Å². The van der Waals surface area contributed by atoms with Gasteiger partial charge in [0.25, 0.3) is 5.91 Å². The Morgan fingerprint density at radius 1 is 1.00 bits per heavy atom. The van der Waals surface area contributed by atoms with Gasteiger partial charge in [-0.1, -0.05) is 44.2 Å². The second-order valence-corrected chi connectivity index (χ2v) is 3.99. The summed E-state index contributed by atoms with van der Waals surface area (Å²) in [5.74, 6) is -0.799. The molecule has 0 N–H and O–H groups in total. The standard InChI is InChI=1S/C14H19NO2/c1-3-10-15(11-4-2)14(17)13(16)12-8-6-5-7-9-12/h5-9H,3-4,10-11H2,1-2H3. The van der Waals surface area contributed by atoms with Crippen molar-refractivity contribution in [3.05, 3.63) is 35.9 Å². The summed E-state index contributed by atoms with van der Waals surface area (Å²) in [6.45, 7) is 5.29. The lowest BCUT2D eigenvalue weighted by molar-refractivity contribution is -0.126. The molecule has 0 saturated carbocycles. The maximum atomic E-state index is 12.0. The minimum Gasteiger partial charge on any atom is -0.336 e. The maximum absolute atomic E-state index is 12.0. The zero-order valence-corrected chi connectivity index (χ0v) is 10.5. The summed E-state index contributed by atoms with van der Waals surface area (Å²) in [5.41, 5.74) is 0.467. The molecule has 0 atom stereocenters. The molecule has 0 aliphatic rings. The largest absolute Gasteiger partial charge is 0.336 e. The first-order valence-corrected chi connectivity index (χ1v) is 6.09. The van der Waals surface area contributed by atoms with Crippen LogP contribution in [0, 0.1) is 0 Å². The molecular formula is C14H19NO2. The van der Waals surface area contributed by atoms with Gasteiger partial charge >= 0.3 is 0 Å². The van der Waals surface area contributed by atoms with Crippen molar-refractivity contribution in [3.63, 3.8) is 0 Å². The van der Waals surface area contributed by atoms with E-state index in [4.69, 9.17) is 0 Å². The molecule has 0 bridgehead atoms. The van der Waals surface area contributed by atoms with E-state index in [1.54, 1.807) is 29.2 Å². The van der Waals surface area contributed by atoms with Crippen LogP contribution in [0.2, 0.25) is 0 Å². The quantitative estimate of drug-likeness (QED) is 0.559. The molecule has 0 radical (unpaired) electrons. The van der Waals surface area contributed by atoms with Crippen molar-refractivity contribution < 1.29 is 9.59 Å². The number of hydrogen-bond acceptors (Lipinski definition) is 2. The van der Waals surface area contributed by atoms with Crippen molar-refractivity contribution in [3.8, 4) is 0 Å². The topological polar surface area (TPSA) is 37.4 Å². The Kier molecular flexibility index (Phi) is 5.40. The van der Waals surface area contributed by atoms with E-state index < -0.39 is 5.78 Å². The zero-order valence-electron chi connectivity index (χ0n) is 10.5. The Morgan fingerprint density at radius 3 is 2.00 bits per heavy atom. The third-order valence-corrected chi connectivity index (χ3v) is 2.50. The van der Waals surface area contributed by atoms with Crippen molar-refractivity contribution >= 4 is 11.7 Å². The van der Waals surface area contributed by atoms with Crippen LogP contribution in [0.4, 0.5) is 0 Å². The molecule has 1 rings (SSSR count). The van der Waals surface area contributed by atoms with E-state index in [0.717, 1.165) is 12.8 Å². The SMILES string of the molecule is CCCN(CCC)C(=O)C(=O)c1ccccc1. The normalized spacial score (nSPS) is 10.0. The molecular weight excluding hydrogens is 214 g/mol. The number of Topliss-reactive ketones (excluding diaryl/α,β-unsaturated/α-hetero) is 1. The van der Waals surface area contributed by atoms with Crippen LogP contribution in [-0.2, 0) is 4.79 Å². The van der Waals surface area contributed by atoms with E-state index in [9.17, 15) is 9.59 Å². The molecule has 0 unspecified atom stereocenters. The van der Waals surface area contributed by atoms with Crippen molar-refractivity contribution in [1.82, 2.24) is 4.90 Å². The fourth-order valence-corrected chi connectivity index (χ4v) is 1.71. The molecule has 1 aromatic rings. The van der Waals surface area contributed by atoms with E-state index in [-0.39, 0.29) is 5.91 Å². The third kappa shape index (κ3) is 3.70. The van der Waals surface area contributed by atoms with Crippen LogP contribution in [0.3, 0.4) is 0 Å². The lowest BCUT2D eigenvalue weighted by atomic mass is 10.1. The van der Waals surface area contributed by atoms with E-state index in [1.807, 2.05) is 19.9 Å². The first kappa shape index (κ1) is 13.4. The summed E-state index contributed by atoms with van der Waals surface area (Å²) in [5, 5.41) is 0. The molecule has 0 aromatic heterocycles. The minimum absolute atomic E-state index is 0.389. The number of benzene rings is 1. The Labute approximate surface area is 102 Å². The van der Waals surface area contributed by atoms with Gasteiger partial charge < -0.3 is 4.90 Å². The summed E-state index contributed by atoms with van der Waals surface area (Å²) in [6.07, 6.45) is 1.74. The van der Waals surface area contributed by atoms with Crippen LogP contribution in [0.25, 0.3) is 0 Å². The van der Waals surface area contributed by atoms with Gasteiger partial charge in [0.15, 0.2) is 0 Å². The van der Waals surface area contributed by atoms with Crippen molar-refractivity contribution in [2.45, 2.75) is 26.7 Å². The van der Waals surface area contributed by atoms with Crippen molar-refractivity contribution in [2.24, 2.45) is 0 Å². The summed E-state index contributed by atoms with van der Waals surface area (Å²) >= 11 is 0. The first-order valence-electron chi connectivity index (χ1n) is 6.09. The number of ketones is 1. The average molecular weight is 233 g/mol. The second kappa shape index (κ2) is 6.84. The molecule has 1 amide bonds. The number of hydrogen-bond donors (Lipinski definition) is 0. The van der Waals surface area contributed by atoms with Crippen molar-refractivity contribution in [2.75, 3.05) is 13.1 Å². The van der Waals surface area contributed by atoms with Gasteiger partial charge in [-0.15, -0.1) is 0 Å². The smallest absolute Gasteiger partial charge is 0.294 e. The molecule has 0 heterocycles. The number of rotatable bonds is 6. The summed E-state index contributed by atoms with van der Waals surface area (Å²) in [7, 11) is 0. The predicted molar refractivity (Wildman–Crippen MR) is 67.9 cm³/mol. The summed E-state index contributed by atoms with van der Waals surface area (Å²) in [6, 6.07) is 8.72. The minimum atomic E-state index is -0.410. The average Bonchev–Trinajstić information content (AvgIpc) is 2.38. The Morgan fingerprint density at radius 2 is 1.53 bits per heavy atom. The highest BCUT2D eigenvalue weighted by Crippen LogP contribution is 2.04. The van der Waals surface area contributed by atoms with Gasteiger partial charge in [-0.25, -0.2) is 0 Å². The molecule has 92 valence electrons. The summed E-state index contributed by atoms with van der Waals surface area (Å²) in [4.78, 5) is 25.6. The fraction of sp³-hybridized carbons (Fsp3) is 0.429. The monoisotopic (exact) mass is 233 g/mol. The Balaban J connectivity index is 2.77. The van der Waals surface area contributed by atoms with Gasteiger partial charge in [0.05, 0.1) is 0 Å². The molecule has 0 fully saturated rings. The molecule has 0 aliphatic heterocycles.